The summed E-state index contributed by atoms with van der Waals surface area (Å²) in [6.45, 7) is 3.83. The summed E-state index contributed by atoms with van der Waals surface area (Å²) in [5.41, 5.74) is 2.00. The van der Waals surface area contributed by atoms with Crippen LogP contribution in [0, 0.1) is 17.7 Å². The number of nitrogens with one attached hydrogen (secondary N) is 2. The zero-order valence-corrected chi connectivity index (χ0v) is 21.3. The van der Waals surface area contributed by atoms with E-state index in [2.05, 4.69) is 32.3 Å². The number of aryl methyl sites for hydroxylation is 1. The van der Waals surface area contributed by atoms with Crippen molar-refractivity contribution < 1.29 is 14.0 Å². The Labute approximate surface area is 221 Å². The molecule has 9 heteroatoms. The SMILES string of the molecule is O=C(CCc1cnc[nH]1)NC(CCN1CC2CN(C(=O)c3c(F)cccc3Cl)CC2C1)c1ccccc1. The molecule has 3 heterocycles. The Morgan fingerprint density at radius 3 is 2.51 bits per heavy atom. The lowest BCUT2D eigenvalue weighted by Gasteiger charge is -2.25. The topological polar surface area (TPSA) is 81.3 Å². The minimum Gasteiger partial charge on any atom is -0.349 e. The van der Waals surface area contributed by atoms with Crippen molar-refractivity contribution in [3.63, 3.8) is 0 Å². The van der Waals surface area contributed by atoms with Crippen LogP contribution in [0.2, 0.25) is 5.02 Å². The lowest BCUT2D eigenvalue weighted by atomic mass is 10.0. The predicted molar refractivity (Wildman–Crippen MR) is 140 cm³/mol. The molecule has 0 spiro atoms. The number of rotatable bonds is 9. The molecule has 3 atom stereocenters. The molecule has 3 unspecified atom stereocenters. The fraction of sp³-hybridized carbons (Fsp3) is 0.393. The van der Waals surface area contributed by atoms with Gasteiger partial charge >= 0.3 is 0 Å². The van der Waals surface area contributed by atoms with Crippen LogP contribution in [0.4, 0.5) is 4.39 Å². The number of aromatic nitrogens is 2. The number of carbonyl (C=O) groups is 2. The number of likely N-dealkylation sites (tertiary alicyclic amines) is 2. The van der Waals surface area contributed by atoms with E-state index < -0.39 is 5.82 Å². The Kier molecular flexibility index (Phi) is 7.86. The molecule has 194 valence electrons. The fourth-order valence-electron chi connectivity index (χ4n) is 5.55. The standard InChI is InChI=1S/C28H31ClFN5O2/c29-23-7-4-8-24(30)27(23)28(37)35-16-20-14-34(15-21(20)17-35)12-11-25(19-5-2-1-3-6-19)33-26(36)10-9-22-13-31-18-32-22/h1-8,13,18,20-21,25H,9-12,14-17H2,(H,31,32)(H,33,36). The molecule has 0 aliphatic carbocycles. The first kappa shape index (κ1) is 25.4. The van der Waals surface area contributed by atoms with Crippen molar-refractivity contribution in [3.8, 4) is 0 Å². The van der Waals surface area contributed by atoms with Crippen LogP contribution in [0.5, 0.6) is 0 Å². The first-order valence-corrected chi connectivity index (χ1v) is 13.1. The highest BCUT2D eigenvalue weighted by Gasteiger charge is 2.42. The maximum atomic E-state index is 14.3. The Bertz CT molecular complexity index is 1190. The van der Waals surface area contributed by atoms with Crippen molar-refractivity contribution in [2.75, 3.05) is 32.7 Å². The highest BCUT2D eigenvalue weighted by Crippen LogP contribution is 2.33. The fourth-order valence-corrected chi connectivity index (χ4v) is 5.80. The zero-order chi connectivity index (χ0) is 25.8. The number of hydrogen-bond donors (Lipinski definition) is 2. The first-order valence-electron chi connectivity index (χ1n) is 12.7. The number of halogens is 2. The summed E-state index contributed by atoms with van der Waals surface area (Å²) in [5.74, 6) is -0.175. The number of imidazole rings is 1. The van der Waals surface area contributed by atoms with Gasteiger partial charge in [0.15, 0.2) is 0 Å². The number of benzene rings is 2. The summed E-state index contributed by atoms with van der Waals surface area (Å²) < 4.78 is 14.3. The van der Waals surface area contributed by atoms with E-state index in [0.29, 0.717) is 37.8 Å². The summed E-state index contributed by atoms with van der Waals surface area (Å²) in [6.07, 6.45) is 5.18. The van der Waals surface area contributed by atoms with E-state index in [9.17, 15) is 14.0 Å². The minimum absolute atomic E-state index is 0.0164. The van der Waals surface area contributed by atoms with Gasteiger partial charge in [0.05, 0.1) is 23.0 Å². The normalized spacial score (nSPS) is 20.1. The van der Waals surface area contributed by atoms with Crippen LogP contribution < -0.4 is 5.32 Å². The highest BCUT2D eigenvalue weighted by molar-refractivity contribution is 6.33. The number of hydrogen-bond acceptors (Lipinski definition) is 4. The van der Waals surface area contributed by atoms with E-state index >= 15 is 0 Å². The van der Waals surface area contributed by atoms with Crippen LogP contribution in [-0.4, -0.2) is 64.3 Å². The average Bonchev–Trinajstić information content (AvgIpc) is 3.63. The van der Waals surface area contributed by atoms with Crippen LogP contribution in [0.15, 0.2) is 61.1 Å². The Balaban J connectivity index is 1.14. The minimum atomic E-state index is -0.574. The van der Waals surface area contributed by atoms with Gasteiger partial charge in [0.1, 0.15) is 5.82 Å². The van der Waals surface area contributed by atoms with Gasteiger partial charge in [0, 0.05) is 51.0 Å². The molecule has 1 aromatic heterocycles. The largest absolute Gasteiger partial charge is 0.349 e. The maximum absolute atomic E-state index is 14.3. The van der Waals surface area contributed by atoms with Gasteiger partial charge in [-0.15, -0.1) is 0 Å². The van der Waals surface area contributed by atoms with Crippen LogP contribution in [0.25, 0.3) is 0 Å². The van der Waals surface area contributed by atoms with Gasteiger partial charge < -0.3 is 20.1 Å². The molecule has 0 radical (unpaired) electrons. The van der Waals surface area contributed by atoms with E-state index in [1.165, 1.54) is 12.1 Å². The number of aromatic amines is 1. The van der Waals surface area contributed by atoms with Gasteiger partial charge in [-0.2, -0.15) is 0 Å². The Hall–Kier alpha value is -3.23. The monoisotopic (exact) mass is 523 g/mol. The van der Waals surface area contributed by atoms with Gasteiger partial charge in [-0.05, 0) is 42.4 Å². The molecule has 2 amide bonds. The maximum Gasteiger partial charge on any atom is 0.258 e. The smallest absolute Gasteiger partial charge is 0.258 e. The van der Waals surface area contributed by atoms with Gasteiger partial charge in [-0.3, -0.25) is 9.59 Å². The van der Waals surface area contributed by atoms with E-state index in [-0.39, 0.29) is 28.4 Å². The molecule has 0 saturated carbocycles. The molecule has 2 aromatic carbocycles. The Morgan fingerprint density at radius 2 is 1.84 bits per heavy atom. The molecular weight excluding hydrogens is 493 g/mol. The molecule has 0 bridgehead atoms. The second-order valence-electron chi connectivity index (χ2n) is 9.98. The summed E-state index contributed by atoms with van der Waals surface area (Å²) >= 11 is 6.12. The molecule has 2 aliphatic rings. The summed E-state index contributed by atoms with van der Waals surface area (Å²) in [7, 11) is 0. The third-order valence-corrected chi connectivity index (χ3v) is 7.79. The quantitative estimate of drug-likeness (QED) is 0.443. The molecular formula is C28H31ClFN5O2. The number of carbonyl (C=O) groups excluding carboxylic acids is 2. The van der Waals surface area contributed by atoms with E-state index in [0.717, 1.165) is 37.3 Å². The number of amides is 2. The van der Waals surface area contributed by atoms with Gasteiger partial charge in [0.25, 0.3) is 5.91 Å². The molecule has 7 nitrogen and oxygen atoms in total. The molecule has 2 N–H and O–H groups in total. The first-order chi connectivity index (χ1) is 18.0. The van der Waals surface area contributed by atoms with Crippen LogP contribution in [0.3, 0.4) is 0 Å². The van der Waals surface area contributed by atoms with Gasteiger partial charge in [-0.25, -0.2) is 9.37 Å². The highest BCUT2D eigenvalue weighted by atomic mass is 35.5. The Morgan fingerprint density at radius 1 is 1.08 bits per heavy atom. The predicted octanol–water partition coefficient (Wildman–Crippen LogP) is 4.09. The number of nitrogens with zero attached hydrogens (tertiary/aromatic N) is 3. The third-order valence-electron chi connectivity index (χ3n) is 7.47. The molecule has 5 rings (SSSR count). The van der Waals surface area contributed by atoms with Crippen LogP contribution in [-0.2, 0) is 11.2 Å². The molecule has 3 aromatic rings. The third kappa shape index (κ3) is 6.02. The molecule has 37 heavy (non-hydrogen) atoms. The van der Waals surface area contributed by atoms with E-state index in [1.807, 2.05) is 18.2 Å². The van der Waals surface area contributed by atoms with E-state index in [1.54, 1.807) is 23.5 Å². The summed E-state index contributed by atoms with van der Waals surface area (Å²) in [6, 6.07) is 14.3. The van der Waals surface area contributed by atoms with Crippen molar-refractivity contribution in [1.82, 2.24) is 25.1 Å². The average molecular weight is 524 g/mol. The van der Waals surface area contributed by atoms with Crippen molar-refractivity contribution in [2.24, 2.45) is 11.8 Å². The number of H-pyrrole nitrogens is 1. The van der Waals surface area contributed by atoms with Crippen molar-refractivity contribution in [1.29, 1.82) is 0 Å². The molecule has 2 saturated heterocycles. The second-order valence-corrected chi connectivity index (χ2v) is 10.4. The van der Waals surface area contributed by atoms with Crippen molar-refractivity contribution >= 4 is 23.4 Å². The number of fused-ring (bicyclic) bond motifs is 1. The van der Waals surface area contributed by atoms with Crippen molar-refractivity contribution in [2.45, 2.75) is 25.3 Å². The van der Waals surface area contributed by atoms with Gasteiger partial charge in [-0.1, -0.05) is 48.0 Å². The van der Waals surface area contributed by atoms with Crippen LogP contribution >= 0.6 is 11.6 Å². The second kappa shape index (κ2) is 11.4. The molecule has 2 aliphatic heterocycles. The summed E-state index contributed by atoms with van der Waals surface area (Å²) in [5, 5.41) is 3.37. The lowest BCUT2D eigenvalue weighted by molar-refractivity contribution is -0.121. The molecule has 2 fully saturated rings. The van der Waals surface area contributed by atoms with Gasteiger partial charge in [0.2, 0.25) is 5.91 Å². The zero-order valence-electron chi connectivity index (χ0n) is 20.6. The summed E-state index contributed by atoms with van der Waals surface area (Å²) in [4.78, 5) is 36.9. The lowest BCUT2D eigenvalue weighted by Crippen LogP contribution is -2.35. The van der Waals surface area contributed by atoms with E-state index in [4.69, 9.17) is 11.6 Å². The van der Waals surface area contributed by atoms with Crippen LogP contribution in [0.1, 0.15) is 40.5 Å². The van der Waals surface area contributed by atoms with Crippen molar-refractivity contribution in [3.05, 3.63) is 88.7 Å².